The van der Waals surface area contributed by atoms with Crippen LogP contribution in [0.25, 0.3) is 0 Å². The minimum atomic E-state index is 0.566. The average molecular weight is 174 g/mol. The van der Waals surface area contributed by atoms with Gasteiger partial charge in [-0.3, -0.25) is 4.98 Å². The van der Waals surface area contributed by atoms with E-state index in [1.54, 1.807) is 0 Å². The van der Waals surface area contributed by atoms with Crippen LogP contribution >= 0.6 is 0 Å². The molecule has 0 saturated heterocycles. The van der Waals surface area contributed by atoms with Gasteiger partial charge in [-0.1, -0.05) is 12.1 Å². The van der Waals surface area contributed by atoms with Gasteiger partial charge in [-0.05, 0) is 24.8 Å². The van der Waals surface area contributed by atoms with E-state index >= 15 is 0 Å². The Hall–Kier alpha value is -1.31. The molecule has 1 aliphatic heterocycles. The molecule has 0 N–H and O–H groups in total. The molecular formula is C11H14N2. The van der Waals surface area contributed by atoms with Crippen LogP contribution in [-0.2, 0) is 0 Å². The van der Waals surface area contributed by atoms with Crippen LogP contribution in [0.3, 0.4) is 0 Å². The smallest absolute Gasteiger partial charge is 0.0455 e. The lowest BCUT2D eigenvalue weighted by Crippen LogP contribution is -2.23. The van der Waals surface area contributed by atoms with Crippen molar-refractivity contribution in [1.29, 1.82) is 0 Å². The Bertz CT molecular complexity index is 292. The zero-order chi connectivity index (χ0) is 9.10. The molecule has 0 radical (unpaired) electrons. The number of rotatable bonds is 1. The van der Waals surface area contributed by atoms with Gasteiger partial charge in [0.2, 0.25) is 0 Å². The molecule has 0 aromatic carbocycles. The quantitative estimate of drug-likeness (QED) is 0.647. The van der Waals surface area contributed by atoms with Crippen LogP contribution in [0.2, 0.25) is 0 Å². The van der Waals surface area contributed by atoms with E-state index in [0.29, 0.717) is 5.92 Å². The van der Waals surface area contributed by atoms with E-state index < -0.39 is 0 Å². The second kappa shape index (κ2) is 3.60. The molecule has 0 spiro atoms. The molecule has 68 valence electrons. The number of hydrogen-bond donors (Lipinski definition) is 0. The number of hydrogen-bond acceptors (Lipinski definition) is 2. The van der Waals surface area contributed by atoms with E-state index in [1.807, 2.05) is 12.3 Å². The van der Waals surface area contributed by atoms with Crippen molar-refractivity contribution in [3.63, 3.8) is 0 Å². The summed E-state index contributed by atoms with van der Waals surface area (Å²) < 4.78 is 0. The molecule has 1 atom stereocenters. The first-order chi connectivity index (χ1) is 6.36. The molecule has 0 aliphatic carbocycles. The van der Waals surface area contributed by atoms with Crippen molar-refractivity contribution >= 4 is 0 Å². The van der Waals surface area contributed by atoms with Crippen molar-refractivity contribution in [1.82, 2.24) is 9.88 Å². The average Bonchev–Trinajstić information content (AvgIpc) is 2.19. The Morgan fingerprint density at radius 2 is 2.38 bits per heavy atom. The van der Waals surface area contributed by atoms with E-state index in [4.69, 9.17) is 0 Å². The van der Waals surface area contributed by atoms with Crippen LogP contribution in [0.5, 0.6) is 0 Å². The van der Waals surface area contributed by atoms with Crippen molar-refractivity contribution in [2.24, 2.45) is 0 Å². The van der Waals surface area contributed by atoms with Crippen molar-refractivity contribution in [3.05, 3.63) is 42.4 Å². The third kappa shape index (κ3) is 1.89. The highest BCUT2D eigenvalue weighted by Gasteiger charge is 2.15. The van der Waals surface area contributed by atoms with E-state index in [1.165, 1.54) is 5.69 Å². The fraction of sp³-hybridized carbons (Fsp3) is 0.364. The maximum absolute atomic E-state index is 4.38. The predicted molar refractivity (Wildman–Crippen MR) is 53.4 cm³/mol. The second-order valence-electron chi connectivity index (χ2n) is 3.51. The molecule has 1 aromatic heterocycles. The zero-order valence-electron chi connectivity index (χ0n) is 7.85. The Labute approximate surface area is 78.9 Å². The largest absolute Gasteiger partial charge is 0.380 e. The van der Waals surface area contributed by atoms with E-state index in [-0.39, 0.29) is 0 Å². The van der Waals surface area contributed by atoms with E-state index in [2.05, 4.69) is 41.3 Å². The van der Waals surface area contributed by atoms with Gasteiger partial charge in [0.1, 0.15) is 0 Å². The molecule has 0 fully saturated rings. The number of allylic oxidation sites excluding steroid dienone is 1. The molecule has 13 heavy (non-hydrogen) atoms. The first-order valence-corrected chi connectivity index (χ1v) is 4.64. The summed E-state index contributed by atoms with van der Waals surface area (Å²) in [5, 5.41) is 0. The number of aromatic nitrogens is 1. The van der Waals surface area contributed by atoms with Crippen LogP contribution < -0.4 is 0 Å². The Morgan fingerprint density at radius 3 is 3.08 bits per heavy atom. The molecule has 2 rings (SSSR count). The summed E-state index contributed by atoms with van der Waals surface area (Å²) >= 11 is 0. The normalized spacial score (nSPS) is 21.9. The Morgan fingerprint density at radius 1 is 1.46 bits per heavy atom. The Balaban J connectivity index is 2.15. The van der Waals surface area contributed by atoms with Gasteiger partial charge in [-0.15, -0.1) is 0 Å². The van der Waals surface area contributed by atoms with Gasteiger partial charge >= 0.3 is 0 Å². The lowest BCUT2D eigenvalue weighted by Gasteiger charge is -2.25. The molecule has 2 heteroatoms. The maximum Gasteiger partial charge on any atom is 0.0455 e. The van der Waals surface area contributed by atoms with Gasteiger partial charge in [0.25, 0.3) is 0 Å². The minimum Gasteiger partial charge on any atom is -0.380 e. The van der Waals surface area contributed by atoms with Crippen molar-refractivity contribution in [2.45, 2.75) is 12.3 Å². The maximum atomic E-state index is 4.38. The predicted octanol–water partition coefficient (Wildman–Crippen LogP) is 2.01. The van der Waals surface area contributed by atoms with Crippen LogP contribution in [0.4, 0.5) is 0 Å². The van der Waals surface area contributed by atoms with Gasteiger partial charge in [-0.25, -0.2) is 0 Å². The van der Waals surface area contributed by atoms with Crippen LogP contribution in [0, 0.1) is 0 Å². The highest BCUT2D eigenvalue weighted by Crippen LogP contribution is 2.22. The van der Waals surface area contributed by atoms with Crippen molar-refractivity contribution in [3.8, 4) is 0 Å². The fourth-order valence-corrected chi connectivity index (χ4v) is 1.72. The molecule has 0 saturated carbocycles. The highest BCUT2D eigenvalue weighted by molar-refractivity contribution is 5.13. The molecule has 2 nitrogen and oxygen atoms in total. The lowest BCUT2D eigenvalue weighted by atomic mass is 9.98. The molecule has 2 heterocycles. The first-order valence-electron chi connectivity index (χ1n) is 4.64. The molecule has 0 bridgehead atoms. The van der Waals surface area contributed by atoms with E-state index in [9.17, 15) is 0 Å². The molecule has 0 amide bonds. The van der Waals surface area contributed by atoms with Crippen molar-refractivity contribution < 1.29 is 0 Å². The van der Waals surface area contributed by atoms with Gasteiger partial charge in [0.05, 0.1) is 0 Å². The topological polar surface area (TPSA) is 16.1 Å². The third-order valence-corrected chi connectivity index (χ3v) is 2.39. The second-order valence-corrected chi connectivity index (χ2v) is 3.51. The summed E-state index contributed by atoms with van der Waals surface area (Å²) in [5.74, 6) is 0.566. The zero-order valence-corrected chi connectivity index (χ0v) is 7.85. The molecule has 1 aliphatic rings. The van der Waals surface area contributed by atoms with Crippen LogP contribution in [0.1, 0.15) is 18.0 Å². The Kier molecular flexibility index (Phi) is 2.30. The lowest BCUT2D eigenvalue weighted by molar-refractivity contribution is 0.386. The van der Waals surface area contributed by atoms with Gasteiger partial charge in [0, 0.05) is 31.4 Å². The summed E-state index contributed by atoms with van der Waals surface area (Å²) in [7, 11) is 2.10. The molecular weight excluding hydrogens is 160 g/mol. The monoisotopic (exact) mass is 174 g/mol. The SMILES string of the molecule is CN1C=CCC(c2ccccn2)C1. The van der Waals surface area contributed by atoms with E-state index in [0.717, 1.165) is 13.0 Å². The summed E-state index contributed by atoms with van der Waals surface area (Å²) in [6.45, 7) is 1.08. The highest BCUT2D eigenvalue weighted by atomic mass is 15.1. The van der Waals surface area contributed by atoms with Gasteiger partial charge < -0.3 is 4.90 Å². The summed E-state index contributed by atoms with van der Waals surface area (Å²) in [5.41, 5.74) is 1.21. The minimum absolute atomic E-state index is 0.566. The van der Waals surface area contributed by atoms with Gasteiger partial charge in [-0.2, -0.15) is 0 Å². The summed E-state index contributed by atoms with van der Waals surface area (Å²) in [6.07, 6.45) is 7.33. The fourth-order valence-electron chi connectivity index (χ4n) is 1.72. The summed E-state index contributed by atoms with van der Waals surface area (Å²) in [6, 6.07) is 6.13. The van der Waals surface area contributed by atoms with Crippen molar-refractivity contribution in [2.75, 3.05) is 13.6 Å². The molecule has 1 unspecified atom stereocenters. The first kappa shape index (κ1) is 8.30. The van der Waals surface area contributed by atoms with Crippen LogP contribution in [-0.4, -0.2) is 23.5 Å². The number of nitrogens with zero attached hydrogens (tertiary/aromatic N) is 2. The van der Waals surface area contributed by atoms with Gasteiger partial charge in [0.15, 0.2) is 0 Å². The van der Waals surface area contributed by atoms with Crippen LogP contribution in [0.15, 0.2) is 36.7 Å². The number of pyridine rings is 1. The standard InChI is InChI=1S/C11H14N2/c1-13-8-4-5-10(9-13)11-6-2-3-7-12-11/h2-4,6-8,10H,5,9H2,1H3. The number of likely N-dealkylation sites (N-methyl/N-ethyl adjacent to an activating group) is 1. The third-order valence-electron chi connectivity index (χ3n) is 2.39. The summed E-state index contributed by atoms with van der Waals surface area (Å²) in [4.78, 5) is 6.59. The molecule has 1 aromatic rings.